The van der Waals surface area contributed by atoms with Crippen molar-refractivity contribution in [1.82, 2.24) is 0 Å². The first kappa shape index (κ1) is 10.6. The Morgan fingerprint density at radius 1 is 1.38 bits per heavy atom. The Bertz CT molecular complexity index is 313. The van der Waals surface area contributed by atoms with Gasteiger partial charge in [-0.3, -0.25) is 0 Å². The highest BCUT2D eigenvalue weighted by atomic mass is 35.5. The first-order valence-corrected chi connectivity index (χ1v) is 4.67. The van der Waals surface area contributed by atoms with Crippen LogP contribution in [0.25, 0.3) is 0 Å². The van der Waals surface area contributed by atoms with Gasteiger partial charge in [0.05, 0.1) is 21.8 Å². The monoisotopic (exact) mass is 219 g/mol. The van der Waals surface area contributed by atoms with Crippen LogP contribution < -0.4 is 5.32 Å². The smallest absolute Gasteiger partial charge is 0.0777 e. The van der Waals surface area contributed by atoms with Gasteiger partial charge in [0.15, 0.2) is 0 Å². The Labute approximate surface area is 87.5 Å². The summed E-state index contributed by atoms with van der Waals surface area (Å²) in [6, 6.07) is 3.43. The lowest BCUT2D eigenvalue weighted by Crippen LogP contribution is -1.97. The number of hydrogen-bond acceptors (Lipinski definition) is 2. The van der Waals surface area contributed by atoms with Crippen molar-refractivity contribution < 1.29 is 5.11 Å². The van der Waals surface area contributed by atoms with Crippen LogP contribution >= 0.6 is 23.2 Å². The van der Waals surface area contributed by atoms with Gasteiger partial charge in [0, 0.05) is 12.6 Å². The molecule has 0 aliphatic rings. The Morgan fingerprint density at radius 2 is 2.00 bits per heavy atom. The molecule has 1 aromatic carbocycles. The molecule has 1 atom stereocenters. The zero-order chi connectivity index (χ0) is 10.0. The molecule has 2 N–H and O–H groups in total. The highest BCUT2D eigenvalue weighted by Crippen LogP contribution is 2.35. The van der Waals surface area contributed by atoms with E-state index in [1.54, 1.807) is 26.1 Å². The van der Waals surface area contributed by atoms with E-state index in [-0.39, 0.29) is 0 Å². The predicted octanol–water partition coefficient (Wildman–Crippen LogP) is 3.09. The van der Waals surface area contributed by atoms with Gasteiger partial charge in [-0.05, 0) is 13.0 Å². The summed E-state index contributed by atoms with van der Waals surface area (Å²) >= 11 is 11.9. The van der Waals surface area contributed by atoms with E-state index in [4.69, 9.17) is 23.2 Å². The van der Waals surface area contributed by atoms with Crippen LogP contribution in [0.15, 0.2) is 12.1 Å². The van der Waals surface area contributed by atoms with Crippen molar-refractivity contribution in [2.24, 2.45) is 0 Å². The number of nitrogens with one attached hydrogen (secondary N) is 1. The van der Waals surface area contributed by atoms with Gasteiger partial charge in [0.1, 0.15) is 0 Å². The average Bonchev–Trinajstić information content (AvgIpc) is 2.04. The van der Waals surface area contributed by atoms with Crippen LogP contribution in [-0.4, -0.2) is 12.2 Å². The number of hydrogen-bond donors (Lipinski definition) is 2. The maximum absolute atomic E-state index is 9.36. The Kier molecular flexibility index (Phi) is 3.42. The van der Waals surface area contributed by atoms with Crippen LogP contribution in [0.3, 0.4) is 0 Å². The van der Waals surface area contributed by atoms with Gasteiger partial charge >= 0.3 is 0 Å². The summed E-state index contributed by atoms with van der Waals surface area (Å²) in [5, 5.41) is 13.3. The molecule has 0 saturated heterocycles. The van der Waals surface area contributed by atoms with Crippen LogP contribution in [0, 0.1) is 0 Å². The summed E-state index contributed by atoms with van der Waals surface area (Å²) in [7, 11) is 1.74. The van der Waals surface area contributed by atoms with Crippen molar-refractivity contribution in [2.45, 2.75) is 13.0 Å². The lowest BCUT2D eigenvalue weighted by atomic mass is 10.1. The fourth-order valence-electron chi connectivity index (χ4n) is 1.12. The number of anilines is 1. The molecule has 0 spiro atoms. The lowest BCUT2D eigenvalue weighted by molar-refractivity contribution is 0.199. The van der Waals surface area contributed by atoms with Gasteiger partial charge in [-0.15, -0.1) is 0 Å². The van der Waals surface area contributed by atoms with Crippen LogP contribution in [0.4, 0.5) is 5.69 Å². The summed E-state index contributed by atoms with van der Waals surface area (Å²) < 4.78 is 0. The van der Waals surface area contributed by atoms with E-state index in [1.807, 2.05) is 0 Å². The normalized spacial score (nSPS) is 12.7. The summed E-state index contributed by atoms with van der Waals surface area (Å²) in [5.41, 5.74) is 1.33. The second-order valence-corrected chi connectivity index (χ2v) is 3.54. The molecule has 1 rings (SSSR count). The Balaban J connectivity index is 3.27. The number of halogens is 2. The molecule has 0 fully saturated rings. The molecule has 0 aliphatic heterocycles. The molecule has 0 radical (unpaired) electrons. The Hall–Kier alpha value is -0.440. The highest BCUT2D eigenvalue weighted by molar-refractivity contribution is 6.39. The predicted molar refractivity (Wildman–Crippen MR) is 56.6 cm³/mol. The Morgan fingerprint density at radius 3 is 2.46 bits per heavy atom. The van der Waals surface area contributed by atoms with Crippen LogP contribution in [0.2, 0.25) is 10.0 Å². The van der Waals surface area contributed by atoms with Crippen molar-refractivity contribution in [2.75, 3.05) is 12.4 Å². The minimum absolute atomic E-state index is 0.477. The van der Waals surface area contributed by atoms with E-state index in [9.17, 15) is 5.11 Å². The van der Waals surface area contributed by atoms with Crippen LogP contribution in [0.5, 0.6) is 0 Å². The van der Waals surface area contributed by atoms with E-state index in [1.165, 1.54) is 0 Å². The molecule has 0 amide bonds. The van der Waals surface area contributed by atoms with Gasteiger partial charge < -0.3 is 10.4 Å². The highest BCUT2D eigenvalue weighted by Gasteiger charge is 2.12. The summed E-state index contributed by atoms with van der Waals surface area (Å²) in [6.45, 7) is 1.66. The quantitative estimate of drug-likeness (QED) is 0.802. The zero-order valence-electron chi connectivity index (χ0n) is 7.44. The third-order valence-corrected chi connectivity index (χ3v) is 2.54. The largest absolute Gasteiger partial charge is 0.389 e. The number of aliphatic hydroxyl groups excluding tert-OH is 1. The molecule has 2 nitrogen and oxygen atoms in total. The van der Waals surface area contributed by atoms with Crippen molar-refractivity contribution in [3.8, 4) is 0 Å². The molecular weight excluding hydrogens is 209 g/mol. The first-order valence-electron chi connectivity index (χ1n) is 3.91. The number of benzene rings is 1. The minimum atomic E-state index is -0.586. The third-order valence-electron chi connectivity index (χ3n) is 1.82. The molecule has 1 unspecified atom stereocenters. The van der Waals surface area contributed by atoms with Crippen molar-refractivity contribution in [1.29, 1.82) is 0 Å². The third kappa shape index (κ3) is 2.08. The molecule has 72 valence electrons. The lowest BCUT2D eigenvalue weighted by Gasteiger charge is -2.12. The van der Waals surface area contributed by atoms with E-state index >= 15 is 0 Å². The van der Waals surface area contributed by atoms with Crippen molar-refractivity contribution in [3.63, 3.8) is 0 Å². The van der Waals surface area contributed by atoms with Crippen molar-refractivity contribution in [3.05, 3.63) is 27.7 Å². The van der Waals surface area contributed by atoms with E-state index in [0.717, 1.165) is 0 Å². The summed E-state index contributed by atoms with van der Waals surface area (Å²) in [6.07, 6.45) is -0.586. The number of aliphatic hydroxyl groups is 1. The molecule has 0 bridgehead atoms. The second kappa shape index (κ2) is 4.18. The summed E-state index contributed by atoms with van der Waals surface area (Å²) in [5.74, 6) is 0. The molecule has 13 heavy (non-hydrogen) atoms. The van der Waals surface area contributed by atoms with E-state index in [0.29, 0.717) is 21.3 Å². The first-order chi connectivity index (χ1) is 6.07. The molecule has 0 aliphatic carbocycles. The van der Waals surface area contributed by atoms with Gasteiger partial charge in [-0.1, -0.05) is 29.3 Å². The average molecular weight is 220 g/mol. The molecule has 4 heteroatoms. The maximum Gasteiger partial charge on any atom is 0.0777 e. The van der Waals surface area contributed by atoms with E-state index in [2.05, 4.69) is 5.32 Å². The van der Waals surface area contributed by atoms with Crippen LogP contribution in [0.1, 0.15) is 18.6 Å². The van der Waals surface area contributed by atoms with Crippen molar-refractivity contribution >= 4 is 28.9 Å². The number of rotatable bonds is 2. The maximum atomic E-state index is 9.36. The SMILES string of the molecule is CNc1c(Cl)ccc(C(C)O)c1Cl. The molecule has 0 saturated carbocycles. The minimum Gasteiger partial charge on any atom is -0.389 e. The fraction of sp³-hybridized carbons (Fsp3) is 0.333. The van der Waals surface area contributed by atoms with Gasteiger partial charge in [0.2, 0.25) is 0 Å². The second-order valence-electron chi connectivity index (χ2n) is 2.75. The fourth-order valence-corrected chi connectivity index (χ4v) is 1.84. The van der Waals surface area contributed by atoms with E-state index < -0.39 is 6.10 Å². The molecule has 1 aromatic rings. The molecular formula is C9H11Cl2NO. The van der Waals surface area contributed by atoms with Crippen LogP contribution in [-0.2, 0) is 0 Å². The standard InChI is InChI=1S/C9H11Cl2NO/c1-5(13)6-3-4-7(10)9(12-2)8(6)11/h3-5,12-13H,1-2H3. The molecule has 0 heterocycles. The molecule has 0 aromatic heterocycles. The summed E-state index contributed by atoms with van der Waals surface area (Å²) in [4.78, 5) is 0. The van der Waals surface area contributed by atoms with Gasteiger partial charge in [-0.2, -0.15) is 0 Å². The van der Waals surface area contributed by atoms with Gasteiger partial charge in [-0.25, -0.2) is 0 Å². The zero-order valence-corrected chi connectivity index (χ0v) is 8.95. The topological polar surface area (TPSA) is 32.3 Å². The van der Waals surface area contributed by atoms with Gasteiger partial charge in [0.25, 0.3) is 0 Å².